The number of nitrogens with one attached hydrogen (secondary N) is 1. The van der Waals surface area contributed by atoms with Gasteiger partial charge < -0.3 is 10.1 Å². The maximum absolute atomic E-state index is 13.3. The van der Waals surface area contributed by atoms with Gasteiger partial charge in [0, 0.05) is 18.8 Å². The van der Waals surface area contributed by atoms with Crippen LogP contribution in [0.2, 0.25) is 0 Å². The fourth-order valence-corrected chi connectivity index (χ4v) is 1.88. The molecule has 1 aromatic rings. The van der Waals surface area contributed by atoms with Crippen LogP contribution in [0, 0.1) is 5.82 Å². The van der Waals surface area contributed by atoms with Gasteiger partial charge in [0.05, 0.1) is 17.9 Å². The second kappa shape index (κ2) is 5.23. The standard InChI is InChI=1S/C12H15FN2O2/c1-2-17-9-5-8(6-9)15-12(16)10-3-4-14-7-11(10)13/h3-4,7-9H,2,5-6H2,1H3,(H,15,16). The molecule has 1 fully saturated rings. The number of aromatic nitrogens is 1. The molecule has 1 aliphatic rings. The third-order valence-corrected chi connectivity index (χ3v) is 2.85. The molecule has 0 atom stereocenters. The van der Waals surface area contributed by atoms with Crippen molar-refractivity contribution in [1.29, 1.82) is 0 Å². The first-order valence-electron chi connectivity index (χ1n) is 5.72. The molecule has 4 nitrogen and oxygen atoms in total. The van der Waals surface area contributed by atoms with Crippen LogP contribution in [0.15, 0.2) is 18.5 Å². The van der Waals surface area contributed by atoms with E-state index in [-0.39, 0.29) is 23.6 Å². The van der Waals surface area contributed by atoms with Gasteiger partial charge in [0.2, 0.25) is 0 Å². The predicted octanol–water partition coefficient (Wildman–Crippen LogP) is 1.52. The molecule has 17 heavy (non-hydrogen) atoms. The average molecular weight is 238 g/mol. The van der Waals surface area contributed by atoms with Gasteiger partial charge in [-0.3, -0.25) is 9.78 Å². The van der Waals surface area contributed by atoms with E-state index >= 15 is 0 Å². The van der Waals surface area contributed by atoms with Gasteiger partial charge >= 0.3 is 0 Å². The van der Waals surface area contributed by atoms with Gasteiger partial charge in [-0.25, -0.2) is 4.39 Å². The van der Waals surface area contributed by atoms with Crippen molar-refractivity contribution in [2.24, 2.45) is 0 Å². The molecule has 1 aromatic heterocycles. The van der Waals surface area contributed by atoms with Gasteiger partial charge in [0.15, 0.2) is 5.82 Å². The lowest BCUT2D eigenvalue weighted by Crippen LogP contribution is -2.48. The third kappa shape index (κ3) is 2.79. The quantitative estimate of drug-likeness (QED) is 0.865. The number of nitrogens with zero attached hydrogens (tertiary/aromatic N) is 1. The van der Waals surface area contributed by atoms with E-state index in [0.717, 1.165) is 19.0 Å². The summed E-state index contributed by atoms with van der Waals surface area (Å²) in [6.07, 6.45) is 4.27. The maximum atomic E-state index is 13.3. The van der Waals surface area contributed by atoms with Crippen LogP contribution in [0.5, 0.6) is 0 Å². The molecule has 1 saturated carbocycles. The number of hydrogen-bond acceptors (Lipinski definition) is 3. The number of carbonyl (C=O) groups is 1. The normalized spacial score (nSPS) is 22.9. The van der Waals surface area contributed by atoms with Crippen LogP contribution >= 0.6 is 0 Å². The molecule has 0 aromatic carbocycles. The van der Waals surface area contributed by atoms with Crippen LogP contribution in [-0.4, -0.2) is 29.6 Å². The van der Waals surface area contributed by atoms with Crippen molar-refractivity contribution in [2.45, 2.75) is 31.9 Å². The van der Waals surface area contributed by atoms with Crippen LogP contribution in [0.3, 0.4) is 0 Å². The van der Waals surface area contributed by atoms with Gasteiger partial charge in [0.25, 0.3) is 5.91 Å². The highest BCUT2D eigenvalue weighted by Gasteiger charge is 2.31. The Morgan fingerprint density at radius 3 is 3.06 bits per heavy atom. The van der Waals surface area contributed by atoms with Crippen LogP contribution in [-0.2, 0) is 4.74 Å². The Morgan fingerprint density at radius 2 is 2.41 bits per heavy atom. The zero-order valence-corrected chi connectivity index (χ0v) is 9.65. The topological polar surface area (TPSA) is 51.2 Å². The van der Waals surface area contributed by atoms with Crippen molar-refractivity contribution in [3.63, 3.8) is 0 Å². The molecule has 1 N–H and O–H groups in total. The van der Waals surface area contributed by atoms with Gasteiger partial charge in [0.1, 0.15) is 0 Å². The summed E-state index contributed by atoms with van der Waals surface area (Å²) in [6.45, 7) is 2.63. The van der Waals surface area contributed by atoms with Crippen molar-refractivity contribution in [3.05, 3.63) is 29.8 Å². The van der Waals surface area contributed by atoms with E-state index in [2.05, 4.69) is 10.3 Å². The van der Waals surface area contributed by atoms with Crippen molar-refractivity contribution in [3.8, 4) is 0 Å². The Bertz CT molecular complexity index is 405. The van der Waals surface area contributed by atoms with E-state index in [1.165, 1.54) is 12.3 Å². The maximum Gasteiger partial charge on any atom is 0.254 e. The molecule has 0 saturated heterocycles. The fraction of sp³-hybridized carbons (Fsp3) is 0.500. The smallest absolute Gasteiger partial charge is 0.254 e. The number of hydrogen-bond donors (Lipinski definition) is 1. The van der Waals surface area contributed by atoms with Crippen LogP contribution < -0.4 is 5.32 Å². The summed E-state index contributed by atoms with van der Waals surface area (Å²) < 4.78 is 18.6. The summed E-state index contributed by atoms with van der Waals surface area (Å²) >= 11 is 0. The highest BCUT2D eigenvalue weighted by molar-refractivity contribution is 5.94. The largest absolute Gasteiger partial charge is 0.378 e. The van der Waals surface area contributed by atoms with Crippen molar-refractivity contribution in [1.82, 2.24) is 10.3 Å². The number of rotatable bonds is 4. The summed E-state index contributed by atoms with van der Waals surface area (Å²) in [7, 11) is 0. The summed E-state index contributed by atoms with van der Waals surface area (Å²) in [4.78, 5) is 15.3. The van der Waals surface area contributed by atoms with E-state index < -0.39 is 5.82 Å². The number of amides is 1. The Kier molecular flexibility index (Phi) is 3.68. The lowest BCUT2D eigenvalue weighted by molar-refractivity contribution is -0.00865. The van der Waals surface area contributed by atoms with Crippen molar-refractivity contribution < 1.29 is 13.9 Å². The van der Waals surface area contributed by atoms with Gasteiger partial charge in [-0.05, 0) is 25.8 Å². The monoisotopic (exact) mass is 238 g/mol. The number of pyridine rings is 1. The zero-order valence-electron chi connectivity index (χ0n) is 9.65. The Balaban J connectivity index is 1.85. The summed E-state index contributed by atoms with van der Waals surface area (Å²) in [6, 6.07) is 1.47. The Hall–Kier alpha value is -1.49. The Morgan fingerprint density at radius 1 is 1.65 bits per heavy atom. The summed E-state index contributed by atoms with van der Waals surface area (Å²) in [5.74, 6) is -0.976. The lowest BCUT2D eigenvalue weighted by atomic mass is 9.89. The SMILES string of the molecule is CCOC1CC(NC(=O)c2ccncc2F)C1. The molecular weight excluding hydrogens is 223 g/mol. The van der Waals surface area contributed by atoms with Crippen LogP contribution in [0.25, 0.3) is 0 Å². The minimum atomic E-state index is -0.592. The second-order valence-corrected chi connectivity index (χ2v) is 4.07. The zero-order chi connectivity index (χ0) is 12.3. The third-order valence-electron chi connectivity index (χ3n) is 2.85. The molecule has 0 radical (unpaired) electrons. The van der Waals surface area contributed by atoms with E-state index in [1.54, 1.807) is 0 Å². The molecule has 5 heteroatoms. The Labute approximate surface area is 99.2 Å². The fourth-order valence-electron chi connectivity index (χ4n) is 1.88. The first kappa shape index (κ1) is 12.0. The molecule has 92 valence electrons. The van der Waals surface area contributed by atoms with Crippen LogP contribution in [0.4, 0.5) is 4.39 Å². The lowest BCUT2D eigenvalue weighted by Gasteiger charge is -2.35. The van der Waals surface area contributed by atoms with Crippen LogP contribution in [0.1, 0.15) is 30.1 Å². The number of ether oxygens (including phenoxy) is 1. The molecular formula is C12H15FN2O2. The first-order valence-corrected chi connectivity index (χ1v) is 5.72. The molecule has 0 spiro atoms. The summed E-state index contributed by atoms with van der Waals surface area (Å²) in [5.41, 5.74) is 0.0415. The highest BCUT2D eigenvalue weighted by Crippen LogP contribution is 2.23. The van der Waals surface area contributed by atoms with E-state index in [4.69, 9.17) is 4.74 Å². The predicted molar refractivity (Wildman–Crippen MR) is 60.1 cm³/mol. The minimum absolute atomic E-state index is 0.0415. The molecule has 1 aliphatic carbocycles. The van der Waals surface area contributed by atoms with E-state index in [0.29, 0.717) is 6.61 Å². The molecule has 2 rings (SSSR count). The highest BCUT2D eigenvalue weighted by atomic mass is 19.1. The average Bonchev–Trinajstić information content (AvgIpc) is 2.26. The molecule has 0 unspecified atom stereocenters. The van der Waals surface area contributed by atoms with Crippen molar-refractivity contribution in [2.75, 3.05) is 6.61 Å². The second-order valence-electron chi connectivity index (χ2n) is 4.07. The van der Waals surface area contributed by atoms with Gasteiger partial charge in [-0.1, -0.05) is 0 Å². The summed E-state index contributed by atoms with van der Waals surface area (Å²) in [5, 5.41) is 2.78. The molecule has 0 aliphatic heterocycles. The first-order chi connectivity index (χ1) is 8.20. The van der Waals surface area contributed by atoms with Crippen molar-refractivity contribution >= 4 is 5.91 Å². The molecule has 0 bridgehead atoms. The number of carbonyl (C=O) groups excluding carboxylic acids is 1. The minimum Gasteiger partial charge on any atom is -0.378 e. The molecule has 1 amide bonds. The van der Waals surface area contributed by atoms with E-state index in [1.807, 2.05) is 6.92 Å². The van der Waals surface area contributed by atoms with E-state index in [9.17, 15) is 9.18 Å². The molecule has 1 heterocycles. The van der Waals surface area contributed by atoms with Gasteiger partial charge in [-0.15, -0.1) is 0 Å². The number of halogens is 1. The van der Waals surface area contributed by atoms with Gasteiger partial charge in [-0.2, -0.15) is 0 Å².